The second-order valence-electron chi connectivity index (χ2n) is 9.02. The van der Waals surface area contributed by atoms with Crippen molar-refractivity contribution in [1.82, 2.24) is 20.0 Å². The Hall–Kier alpha value is -3.14. The van der Waals surface area contributed by atoms with Gasteiger partial charge in [-0.1, -0.05) is 30.3 Å². The van der Waals surface area contributed by atoms with Crippen LogP contribution >= 0.6 is 0 Å². The second-order valence-corrected chi connectivity index (χ2v) is 9.02. The monoisotopic (exact) mass is 496 g/mol. The highest BCUT2D eigenvalue weighted by Gasteiger charge is 2.28. The number of rotatable bonds is 9. The highest BCUT2D eigenvalue weighted by molar-refractivity contribution is 5.94. The summed E-state index contributed by atoms with van der Waals surface area (Å²) in [5.41, 5.74) is 1.65. The number of amides is 3. The summed E-state index contributed by atoms with van der Waals surface area (Å²) in [7, 11) is 1.60. The molecule has 2 aliphatic heterocycles. The Labute approximate surface area is 212 Å². The van der Waals surface area contributed by atoms with Crippen LogP contribution < -0.4 is 10.1 Å². The molecule has 2 aromatic rings. The molecular weight excluding hydrogens is 460 g/mol. The normalized spacial score (nSPS) is 18.5. The molecule has 194 valence electrons. The number of nitrogens with zero attached hydrogens (tertiary/aromatic N) is 3. The van der Waals surface area contributed by atoms with Gasteiger partial charge in [0.05, 0.1) is 39.6 Å². The standard InChI is InChI=1S/C27H36N4O5/c1-34-24-9-7-23(8-10-24)26(32)30(12-11-29-13-16-35-17-14-29)20-25-21-31(15-18-36-25)27(33)28-19-22-5-3-2-4-6-22/h2-10,25H,11-21H2,1H3,(H,28,33)/t25-/m0/s1. The van der Waals surface area contributed by atoms with E-state index in [0.717, 1.165) is 25.2 Å². The van der Waals surface area contributed by atoms with Crippen LogP contribution in [0.4, 0.5) is 4.79 Å². The van der Waals surface area contributed by atoms with Crippen LogP contribution in [-0.2, 0) is 16.0 Å². The Morgan fingerprint density at radius 2 is 1.78 bits per heavy atom. The third-order valence-electron chi connectivity index (χ3n) is 6.55. The van der Waals surface area contributed by atoms with E-state index >= 15 is 0 Å². The maximum atomic E-state index is 13.5. The quantitative estimate of drug-likeness (QED) is 0.573. The molecule has 0 aliphatic carbocycles. The summed E-state index contributed by atoms with van der Waals surface area (Å²) in [5.74, 6) is 0.652. The molecule has 9 nitrogen and oxygen atoms in total. The molecule has 2 heterocycles. The zero-order chi connectivity index (χ0) is 25.2. The van der Waals surface area contributed by atoms with E-state index in [1.54, 1.807) is 36.3 Å². The van der Waals surface area contributed by atoms with Crippen molar-refractivity contribution in [3.63, 3.8) is 0 Å². The molecular formula is C27H36N4O5. The van der Waals surface area contributed by atoms with Crippen LogP contribution in [0.2, 0.25) is 0 Å². The second kappa shape index (κ2) is 13.2. The molecule has 36 heavy (non-hydrogen) atoms. The van der Waals surface area contributed by atoms with E-state index in [0.29, 0.717) is 63.9 Å². The van der Waals surface area contributed by atoms with Crippen LogP contribution in [0.3, 0.4) is 0 Å². The van der Waals surface area contributed by atoms with Gasteiger partial charge < -0.3 is 29.3 Å². The summed E-state index contributed by atoms with van der Waals surface area (Å²) in [5, 5.41) is 2.99. The molecule has 0 radical (unpaired) electrons. The van der Waals surface area contributed by atoms with Gasteiger partial charge in [0.25, 0.3) is 5.91 Å². The fourth-order valence-corrected chi connectivity index (χ4v) is 4.42. The number of hydrogen-bond acceptors (Lipinski definition) is 6. The van der Waals surface area contributed by atoms with Crippen LogP contribution in [0.5, 0.6) is 5.75 Å². The molecule has 0 unspecified atom stereocenters. The van der Waals surface area contributed by atoms with Crippen molar-refractivity contribution in [2.75, 3.05) is 72.7 Å². The van der Waals surface area contributed by atoms with E-state index < -0.39 is 0 Å². The largest absolute Gasteiger partial charge is 0.497 e. The highest BCUT2D eigenvalue weighted by atomic mass is 16.5. The van der Waals surface area contributed by atoms with Crippen molar-refractivity contribution in [3.05, 3.63) is 65.7 Å². The zero-order valence-corrected chi connectivity index (χ0v) is 20.9. The number of methoxy groups -OCH3 is 1. The highest BCUT2D eigenvalue weighted by Crippen LogP contribution is 2.15. The van der Waals surface area contributed by atoms with Crippen LogP contribution in [0.15, 0.2) is 54.6 Å². The molecule has 0 spiro atoms. The molecule has 2 aromatic carbocycles. The lowest BCUT2D eigenvalue weighted by Gasteiger charge is -2.36. The van der Waals surface area contributed by atoms with Crippen LogP contribution in [-0.4, -0.2) is 105 Å². The zero-order valence-electron chi connectivity index (χ0n) is 20.9. The third kappa shape index (κ3) is 7.43. The van der Waals surface area contributed by atoms with Gasteiger partial charge in [0.2, 0.25) is 0 Å². The summed E-state index contributed by atoms with van der Waals surface area (Å²) >= 11 is 0. The van der Waals surface area contributed by atoms with Crippen molar-refractivity contribution in [3.8, 4) is 5.75 Å². The van der Waals surface area contributed by atoms with Gasteiger partial charge in [0.15, 0.2) is 0 Å². The number of carbonyl (C=O) groups is 2. The van der Waals surface area contributed by atoms with Crippen molar-refractivity contribution in [2.24, 2.45) is 0 Å². The molecule has 1 atom stereocenters. The van der Waals surface area contributed by atoms with Gasteiger partial charge in [-0.15, -0.1) is 0 Å². The topological polar surface area (TPSA) is 83.6 Å². The first-order valence-corrected chi connectivity index (χ1v) is 12.5. The van der Waals surface area contributed by atoms with Gasteiger partial charge in [0, 0.05) is 51.4 Å². The lowest BCUT2D eigenvalue weighted by Crippen LogP contribution is -2.53. The number of morpholine rings is 2. The fourth-order valence-electron chi connectivity index (χ4n) is 4.42. The number of urea groups is 1. The van der Waals surface area contributed by atoms with Gasteiger partial charge in [-0.05, 0) is 29.8 Å². The average Bonchev–Trinajstić information content (AvgIpc) is 2.95. The van der Waals surface area contributed by atoms with Crippen molar-refractivity contribution in [1.29, 1.82) is 0 Å². The Bertz CT molecular complexity index is 966. The van der Waals surface area contributed by atoms with E-state index in [4.69, 9.17) is 14.2 Å². The Balaban J connectivity index is 1.37. The smallest absolute Gasteiger partial charge is 0.317 e. The molecule has 2 fully saturated rings. The third-order valence-corrected chi connectivity index (χ3v) is 6.55. The fraction of sp³-hybridized carbons (Fsp3) is 0.481. The van der Waals surface area contributed by atoms with E-state index in [9.17, 15) is 9.59 Å². The minimum absolute atomic E-state index is 0.0554. The predicted molar refractivity (Wildman–Crippen MR) is 136 cm³/mol. The SMILES string of the molecule is COc1ccc(C(=O)N(CCN2CCOCC2)C[C@H]2CN(C(=O)NCc3ccccc3)CCO2)cc1. The Morgan fingerprint density at radius 1 is 1.03 bits per heavy atom. The van der Waals surface area contributed by atoms with Crippen molar-refractivity contribution < 1.29 is 23.8 Å². The van der Waals surface area contributed by atoms with E-state index in [2.05, 4.69) is 10.2 Å². The Kier molecular flexibility index (Phi) is 9.54. The summed E-state index contributed by atoms with van der Waals surface area (Å²) in [6.45, 7) is 6.78. The van der Waals surface area contributed by atoms with Crippen LogP contribution in [0.25, 0.3) is 0 Å². The van der Waals surface area contributed by atoms with E-state index in [-0.39, 0.29) is 18.0 Å². The van der Waals surface area contributed by atoms with Gasteiger partial charge in [0.1, 0.15) is 5.75 Å². The molecule has 0 bridgehead atoms. The lowest BCUT2D eigenvalue weighted by molar-refractivity contribution is -0.0297. The minimum Gasteiger partial charge on any atom is -0.497 e. The van der Waals surface area contributed by atoms with Gasteiger partial charge in [-0.2, -0.15) is 0 Å². The molecule has 1 N–H and O–H groups in total. The van der Waals surface area contributed by atoms with E-state index in [1.807, 2.05) is 35.2 Å². The first-order valence-electron chi connectivity index (χ1n) is 12.5. The maximum Gasteiger partial charge on any atom is 0.317 e. The first kappa shape index (κ1) is 25.9. The molecule has 2 saturated heterocycles. The molecule has 9 heteroatoms. The molecule has 0 aromatic heterocycles. The van der Waals surface area contributed by atoms with Crippen LogP contribution in [0.1, 0.15) is 15.9 Å². The number of nitrogens with one attached hydrogen (secondary N) is 1. The number of ether oxygens (including phenoxy) is 3. The summed E-state index contributed by atoms with van der Waals surface area (Å²) < 4.78 is 16.7. The van der Waals surface area contributed by atoms with Crippen LogP contribution in [0, 0.1) is 0 Å². The van der Waals surface area contributed by atoms with Crippen molar-refractivity contribution in [2.45, 2.75) is 12.6 Å². The average molecular weight is 497 g/mol. The molecule has 2 aliphatic rings. The summed E-state index contributed by atoms with van der Waals surface area (Å²) in [6.07, 6.45) is -0.256. The number of benzene rings is 2. The van der Waals surface area contributed by atoms with Gasteiger partial charge >= 0.3 is 6.03 Å². The minimum atomic E-state index is -0.256. The molecule has 0 saturated carbocycles. The number of carbonyl (C=O) groups excluding carboxylic acids is 2. The van der Waals surface area contributed by atoms with Crippen molar-refractivity contribution >= 4 is 11.9 Å². The summed E-state index contributed by atoms with van der Waals surface area (Å²) in [6, 6.07) is 16.9. The predicted octanol–water partition coefficient (Wildman–Crippen LogP) is 2.08. The number of hydrogen-bond donors (Lipinski definition) is 1. The maximum absolute atomic E-state index is 13.5. The Morgan fingerprint density at radius 3 is 2.50 bits per heavy atom. The van der Waals surface area contributed by atoms with Gasteiger partial charge in [-0.3, -0.25) is 9.69 Å². The summed E-state index contributed by atoms with van der Waals surface area (Å²) in [4.78, 5) is 32.2. The first-order chi connectivity index (χ1) is 17.6. The van der Waals surface area contributed by atoms with E-state index in [1.165, 1.54) is 0 Å². The van der Waals surface area contributed by atoms with Gasteiger partial charge in [-0.25, -0.2) is 4.79 Å². The lowest BCUT2D eigenvalue weighted by atomic mass is 10.1. The molecule has 3 amide bonds. The molecule has 4 rings (SSSR count).